The van der Waals surface area contributed by atoms with Gasteiger partial charge in [0, 0.05) is 26.1 Å². The number of ether oxygens (including phenoxy) is 3. The van der Waals surface area contributed by atoms with E-state index in [-0.39, 0.29) is 11.7 Å². The van der Waals surface area contributed by atoms with Crippen LogP contribution in [0.5, 0.6) is 5.75 Å². The molecule has 1 aromatic rings. The lowest BCUT2D eigenvalue weighted by atomic mass is 9.85. The first-order chi connectivity index (χ1) is 10.2. The molecule has 4 heteroatoms. The zero-order valence-electron chi connectivity index (χ0n) is 12.6. The maximum absolute atomic E-state index is 9.66. The standard InChI is InChI=1S/C17H24O4/c1-13(18)14-3-2-4-15(11-14)21-16-5-8-20-17(12-16)6-9-19-10-7-17/h2-4,11,13,16,18H,5-10,12H2,1H3/t13-,16?/m1/s1. The van der Waals surface area contributed by atoms with Crippen molar-refractivity contribution in [3.63, 3.8) is 0 Å². The van der Waals surface area contributed by atoms with Crippen LogP contribution >= 0.6 is 0 Å². The molecule has 1 unspecified atom stereocenters. The molecule has 21 heavy (non-hydrogen) atoms. The first-order valence-corrected chi connectivity index (χ1v) is 7.83. The van der Waals surface area contributed by atoms with Crippen molar-refractivity contribution in [1.29, 1.82) is 0 Å². The Bertz CT molecular complexity index is 460. The van der Waals surface area contributed by atoms with Gasteiger partial charge >= 0.3 is 0 Å². The van der Waals surface area contributed by atoms with Crippen molar-refractivity contribution in [1.82, 2.24) is 0 Å². The monoisotopic (exact) mass is 292 g/mol. The largest absolute Gasteiger partial charge is 0.490 e. The fourth-order valence-corrected chi connectivity index (χ4v) is 3.22. The summed E-state index contributed by atoms with van der Waals surface area (Å²) in [7, 11) is 0. The first-order valence-electron chi connectivity index (χ1n) is 7.83. The van der Waals surface area contributed by atoms with Crippen LogP contribution < -0.4 is 4.74 Å². The van der Waals surface area contributed by atoms with E-state index in [9.17, 15) is 5.11 Å². The molecule has 0 bridgehead atoms. The highest BCUT2D eigenvalue weighted by atomic mass is 16.5. The number of aliphatic hydroxyl groups excluding tert-OH is 1. The van der Waals surface area contributed by atoms with Crippen LogP contribution in [0.3, 0.4) is 0 Å². The molecule has 0 saturated carbocycles. The molecule has 2 aliphatic heterocycles. The van der Waals surface area contributed by atoms with E-state index >= 15 is 0 Å². The maximum atomic E-state index is 9.66. The van der Waals surface area contributed by atoms with Crippen molar-refractivity contribution < 1.29 is 19.3 Å². The lowest BCUT2D eigenvalue weighted by Gasteiger charge is -2.43. The molecule has 0 aliphatic carbocycles. The molecule has 1 N–H and O–H groups in total. The van der Waals surface area contributed by atoms with Gasteiger partial charge in [0.1, 0.15) is 11.9 Å². The lowest BCUT2D eigenvalue weighted by molar-refractivity contribution is -0.155. The van der Waals surface area contributed by atoms with E-state index < -0.39 is 6.10 Å². The summed E-state index contributed by atoms with van der Waals surface area (Å²) < 4.78 is 17.6. The second-order valence-electron chi connectivity index (χ2n) is 6.12. The smallest absolute Gasteiger partial charge is 0.120 e. The number of rotatable bonds is 3. The topological polar surface area (TPSA) is 47.9 Å². The molecule has 0 radical (unpaired) electrons. The minimum absolute atomic E-state index is 0.0525. The van der Waals surface area contributed by atoms with Crippen molar-refractivity contribution in [2.45, 2.75) is 50.4 Å². The molecular weight excluding hydrogens is 268 g/mol. The molecule has 2 saturated heterocycles. The Kier molecular flexibility index (Phi) is 4.48. The number of hydrogen-bond donors (Lipinski definition) is 1. The molecule has 1 spiro atoms. The van der Waals surface area contributed by atoms with Gasteiger partial charge in [-0.25, -0.2) is 0 Å². The summed E-state index contributed by atoms with van der Waals surface area (Å²) in [4.78, 5) is 0. The highest BCUT2D eigenvalue weighted by Crippen LogP contribution is 2.36. The van der Waals surface area contributed by atoms with Crippen molar-refractivity contribution >= 4 is 0 Å². The zero-order valence-corrected chi connectivity index (χ0v) is 12.6. The van der Waals surface area contributed by atoms with Gasteiger partial charge in [0.15, 0.2) is 0 Å². The van der Waals surface area contributed by atoms with Crippen molar-refractivity contribution in [2.24, 2.45) is 0 Å². The van der Waals surface area contributed by atoms with Crippen molar-refractivity contribution in [3.8, 4) is 5.75 Å². The summed E-state index contributed by atoms with van der Waals surface area (Å²) in [5.41, 5.74) is 0.837. The van der Waals surface area contributed by atoms with E-state index in [1.807, 2.05) is 24.3 Å². The third-order valence-corrected chi connectivity index (χ3v) is 4.50. The van der Waals surface area contributed by atoms with E-state index in [1.165, 1.54) is 0 Å². The van der Waals surface area contributed by atoms with Gasteiger partial charge < -0.3 is 19.3 Å². The van der Waals surface area contributed by atoms with Gasteiger partial charge in [-0.15, -0.1) is 0 Å². The predicted octanol–water partition coefficient (Wildman–Crippen LogP) is 2.85. The minimum Gasteiger partial charge on any atom is -0.490 e. The average molecular weight is 292 g/mol. The Morgan fingerprint density at radius 3 is 2.86 bits per heavy atom. The zero-order chi connectivity index (χ0) is 14.7. The van der Waals surface area contributed by atoms with Gasteiger partial charge in [-0.05, 0) is 37.5 Å². The van der Waals surface area contributed by atoms with Gasteiger partial charge in [0.05, 0.1) is 18.3 Å². The normalized spacial score (nSPS) is 26.5. The van der Waals surface area contributed by atoms with E-state index in [0.29, 0.717) is 0 Å². The summed E-state index contributed by atoms with van der Waals surface area (Å²) in [5, 5.41) is 9.66. The predicted molar refractivity (Wildman–Crippen MR) is 79.5 cm³/mol. The molecule has 1 aromatic carbocycles. The van der Waals surface area contributed by atoms with Crippen LogP contribution in [0.1, 0.15) is 44.3 Å². The van der Waals surface area contributed by atoms with E-state index in [4.69, 9.17) is 14.2 Å². The summed E-state index contributed by atoms with van der Waals surface area (Å²) in [6.07, 6.45) is 3.48. The fourth-order valence-electron chi connectivity index (χ4n) is 3.22. The molecule has 0 amide bonds. The summed E-state index contributed by atoms with van der Waals surface area (Å²) in [5.74, 6) is 0.836. The van der Waals surface area contributed by atoms with Crippen molar-refractivity contribution in [3.05, 3.63) is 29.8 Å². The second-order valence-corrected chi connectivity index (χ2v) is 6.12. The number of aliphatic hydroxyl groups is 1. The van der Waals surface area contributed by atoms with E-state index in [2.05, 4.69) is 0 Å². The van der Waals surface area contributed by atoms with Gasteiger partial charge in [-0.1, -0.05) is 12.1 Å². The molecule has 4 nitrogen and oxygen atoms in total. The molecular formula is C17H24O4. The second kappa shape index (κ2) is 6.34. The summed E-state index contributed by atoms with van der Waals surface area (Å²) in [6.45, 7) is 4.08. The average Bonchev–Trinajstić information content (AvgIpc) is 2.48. The van der Waals surface area contributed by atoms with Gasteiger partial charge in [-0.2, -0.15) is 0 Å². The van der Waals surface area contributed by atoms with Crippen LogP contribution in [-0.4, -0.2) is 36.6 Å². The maximum Gasteiger partial charge on any atom is 0.120 e. The van der Waals surface area contributed by atoms with Crippen molar-refractivity contribution in [2.75, 3.05) is 19.8 Å². The third-order valence-electron chi connectivity index (χ3n) is 4.50. The van der Waals surface area contributed by atoms with Crippen LogP contribution in [0.2, 0.25) is 0 Å². The highest BCUT2D eigenvalue weighted by molar-refractivity contribution is 5.29. The first kappa shape index (κ1) is 14.8. The lowest BCUT2D eigenvalue weighted by Crippen LogP contribution is -2.47. The SMILES string of the molecule is C[C@@H](O)c1cccc(OC2CCOC3(CCOCC3)C2)c1. The number of hydrogen-bond acceptors (Lipinski definition) is 4. The summed E-state index contributed by atoms with van der Waals surface area (Å²) in [6, 6.07) is 7.73. The van der Waals surface area contributed by atoms with Gasteiger partial charge in [-0.3, -0.25) is 0 Å². The van der Waals surface area contributed by atoms with E-state index in [0.717, 1.165) is 56.8 Å². The Balaban J connectivity index is 1.65. The van der Waals surface area contributed by atoms with E-state index in [1.54, 1.807) is 6.92 Å². The fraction of sp³-hybridized carbons (Fsp3) is 0.647. The molecule has 3 rings (SSSR count). The molecule has 0 aromatic heterocycles. The Labute approximate surface area is 126 Å². The Hall–Kier alpha value is -1.10. The molecule has 2 fully saturated rings. The molecule has 2 aliphatic rings. The quantitative estimate of drug-likeness (QED) is 0.930. The van der Waals surface area contributed by atoms with Crippen LogP contribution in [0.15, 0.2) is 24.3 Å². The highest BCUT2D eigenvalue weighted by Gasteiger charge is 2.39. The Morgan fingerprint density at radius 2 is 2.10 bits per heavy atom. The van der Waals surface area contributed by atoms with Crippen LogP contribution in [0, 0.1) is 0 Å². The molecule has 2 atom stereocenters. The van der Waals surface area contributed by atoms with Crippen LogP contribution in [0.25, 0.3) is 0 Å². The summed E-state index contributed by atoms with van der Waals surface area (Å²) >= 11 is 0. The van der Waals surface area contributed by atoms with Crippen LogP contribution in [-0.2, 0) is 9.47 Å². The van der Waals surface area contributed by atoms with Gasteiger partial charge in [0.25, 0.3) is 0 Å². The molecule has 116 valence electrons. The number of benzene rings is 1. The minimum atomic E-state index is -0.468. The van der Waals surface area contributed by atoms with Crippen LogP contribution in [0.4, 0.5) is 0 Å². The third kappa shape index (κ3) is 3.57. The van der Waals surface area contributed by atoms with Gasteiger partial charge in [0.2, 0.25) is 0 Å². The molecule has 2 heterocycles. The Morgan fingerprint density at radius 1 is 1.29 bits per heavy atom.